The van der Waals surface area contributed by atoms with Crippen molar-refractivity contribution >= 4 is 18.0 Å². The minimum Gasteiger partial charge on any atom is -0.480 e. The number of fused-ring (bicyclic) bond motifs is 3. The number of carbonyl (C=O) groups is 3. The number of carboxylic acid groups (broad SMARTS) is 1. The lowest BCUT2D eigenvalue weighted by Crippen LogP contribution is -2.37. The van der Waals surface area contributed by atoms with Crippen molar-refractivity contribution in [3.63, 3.8) is 0 Å². The second-order valence-corrected chi connectivity index (χ2v) is 9.05. The van der Waals surface area contributed by atoms with E-state index in [0.717, 1.165) is 17.5 Å². The summed E-state index contributed by atoms with van der Waals surface area (Å²) in [5.41, 5.74) is 4.64. The number of likely N-dealkylation sites (N-methyl/N-ethyl adjacent to an activating group) is 1. The Bertz CT molecular complexity index is 958. The number of benzene rings is 2. The smallest absolute Gasteiger partial charge is 0.407 e. The molecule has 1 aliphatic rings. The predicted octanol–water partition coefficient (Wildman–Crippen LogP) is 4.12. The Morgan fingerprint density at radius 3 is 2.15 bits per heavy atom. The van der Waals surface area contributed by atoms with Crippen LogP contribution in [0.3, 0.4) is 0 Å². The van der Waals surface area contributed by atoms with E-state index < -0.39 is 12.1 Å². The van der Waals surface area contributed by atoms with Gasteiger partial charge in [0.15, 0.2) is 0 Å². The normalized spacial score (nSPS) is 13.2. The molecule has 0 saturated heterocycles. The van der Waals surface area contributed by atoms with Gasteiger partial charge in [-0.25, -0.2) is 4.79 Å². The molecule has 0 saturated carbocycles. The lowest BCUT2D eigenvalue weighted by molar-refractivity contribution is -0.143. The quantitative estimate of drug-likeness (QED) is 0.565. The van der Waals surface area contributed by atoms with Gasteiger partial charge in [0.2, 0.25) is 5.91 Å². The van der Waals surface area contributed by atoms with Gasteiger partial charge < -0.3 is 20.1 Å². The van der Waals surface area contributed by atoms with Gasteiger partial charge in [0.25, 0.3) is 0 Å². The predicted molar refractivity (Wildman–Crippen MR) is 126 cm³/mol. The minimum atomic E-state index is -1.05. The third kappa shape index (κ3) is 6.34. The molecule has 2 aromatic rings. The Hall–Kier alpha value is -3.35. The summed E-state index contributed by atoms with van der Waals surface area (Å²) in [5.74, 6) is -1.09. The Kier molecular flexibility index (Phi) is 8.09. The molecule has 0 aromatic heterocycles. The third-order valence-corrected chi connectivity index (χ3v) is 5.94. The average molecular weight is 453 g/mol. The van der Waals surface area contributed by atoms with Crippen LogP contribution in [0.25, 0.3) is 11.1 Å². The molecule has 7 heteroatoms. The lowest BCUT2D eigenvalue weighted by atomic mass is 9.93. The zero-order chi connectivity index (χ0) is 24.0. The van der Waals surface area contributed by atoms with E-state index in [2.05, 4.69) is 29.6 Å². The number of rotatable bonds is 10. The molecular weight excluding hydrogens is 420 g/mol. The molecule has 0 fully saturated rings. The van der Waals surface area contributed by atoms with Crippen LogP contribution in [0.5, 0.6) is 0 Å². The fourth-order valence-corrected chi connectivity index (χ4v) is 4.48. The topological polar surface area (TPSA) is 95.9 Å². The van der Waals surface area contributed by atoms with Gasteiger partial charge in [-0.15, -0.1) is 0 Å². The standard InChI is InChI=1S/C26H32N2O5/c1-17(2)12-18(13-24(29)28(3)15-25(30)31)14-27-26(32)33-16-23-21-10-6-4-8-19(21)20-9-5-7-11-22(20)23/h4-11,17-18,23H,12-16H2,1-3H3,(H,27,32)(H,30,31)/t18-/m0/s1. The lowest BCUT2D eigenvalue weighted by Gasteiger charge is -2.22. The summed E-state index contributed by atoms with van der Waals surface area (Å²) in [7, 11) is 1.47. The molecule has 2 amide bonds. The Balaban J connectivity index is 1.56. The van der Waals surface area contributed by atoms with Crippen LogP contribution in [0, 0.1) is 11.8 Å². The van der Waals surface area contributed by atoms with Crippen LogP contribution >= 0.6 is 0 Å². The number of nitrogens with zero attached hydrogens (tertiary/aromatic N) is 1. The van der Waals surface area contributed by atoms with E-state index in [1.54, 1.807) is 0 Å². The Morgan fingerprint density at radius 2 is 1.61 bits per heavy atom. The number of ether oxygens (including phenoxy) is 1. The van der Waals surface area contributed by atoms with Crippen LogP contribution in [0.2, 0.25) is 0 Å². The second kappa shape index (κ2) is 11.0. The van der Waals surface area contributed by atoms with Crippen molar-refractivity contribution in [1.82, 2.24) is 10.2 Å². The molecular formula is C26H32N2O5. The number of alkyl carbamates (subject to hydrolysis) is 1. The largest absolute Gasteiger partial charge is 0.480 e. The highest BCUT2D eigenvalue weighted by Gasteiger charge is 2.29. The number of amides is 2. The first-order chi connectivity index (χ1) is 15.8. The molecule has 3 rings (SSSR count). The number of carboxylic acids is 1. The molecule has 1 atom stereocenters. The summed E-state index contributed by atoms with van der Waals surface area (Å²) in [6.45, 7) is 4.28. The first-order valence-corrected chi connectivity index (χ1v) is 11.3. The Morgan fingerprint density at radius 1 is 1.03 bits per heavy atom. The molecule has 0 heterocycles. The zero-order valence-corrected chi connectivity index (χ0v) is 19.4. The van der Waals surface area contributed by atoms with Crippen molar-refractivity contribution in [1.29, 1.82) is 0 Å². The Labute approximate surface area is 194 Å². The molecule has 2 aromatic carbocycles. The molecule has 2 N–H and O–H groups in total. The summed E-state index contributed by atoms with van der Waals surface area (Å²) in [6, 6.07) is 16.3. The summed E-state index contributed by atoms with van der Waals surface area (Å²) in [6.07, 6.45) is 0.388. The first kappa shape index (κ1) is 24.3. The van der Waals surface area contributed by atoms with Gasteiger partial charge in [0, 0.05) is 25.9 Å². The molecule has 33 heavy (non-hydrogen) atoms. The van der Waals surface area contributed by atoms with Crippen molar-refractivity contribution in [3.05, 3.63) is 59.7 Å². The summed E-state index contributed by atoms with van der Waals surface area (Å²) < 4.78 is 5.58. The van der Waals surface area contributed by atoms with E-state index in [-0.39, 0.29) is 37.3 Å². The molecule has 0 unspecified atom stereocenters. The highest BCUT2D eigenvalue weighted by atomic mass is 16.5. The zero-order valence-electron chi connectivity index (χ0n) is 19.4. The molecule has 7 nitrogen and oxygen atoms in total. The van der Waals surface area contributed by atoms with Gasteiger partial charge in [-0.1, -0.05) is 62.4 Å². The van der Waals surface area contributed by atoms with Gasteiger partial charge in [-0.05, 0) is 40.5 Å². The highest BCUT2D eigenvalue weighted by molar-refractivity contribution is 5.81. The van der Waals surface area contributed by atoms with E-state index in [9.17, 15) is 14.4 Å². The molecule has 0 radical (unpaired) electrons. The number of hydrogen-bond acceptors (Lipinski definition) is 4. The number of carbonyl (C=O) groups excluding carboxylic acids is 2. The summed E-state index contributed by atoms with van der Waals surface area (Å²) in [4.78, 5) is 36.9. The average Bonchev–Trinajstić information content (AvgIpc) is 3.09. The van der Waals surface area contributed by atoms with Crippen LogP contribution < -0.4 is 5.32 Å². The van der Waals surface area contributed by atoms with E-state index in [4.69, 9.17) is 9.84 Å². The van der Waals surface area contributed by atoms with Crippen LogP contribution in [0.1, 0.15) is 43.7 Å². The highest BCUT2D eigenvalue weighted by Crippen LogP contribution is 2.44. The molecule has 1 aliphatic carbocycles. The fourth-order valence-electron chi connectivity index (χ4n) is 4.48. The van der Waals surface area contributed by atoms with Crippen molar-refractivity contribution < 1.29 is 24.2 Å². The van der Waals surface area contributed by atoms with Crippen molar-refractivity contribution in [2.24, 2.45) is 11.8 Å². The van der Waals surface area contributed by atoms with Gasteiger partial charge in [0.1, 0.15) is 13.2 Å². The number of aliphatic carboxylic acids is 1. The van der Waals surface area contributed by atoms with Gasteiger partial charge >= 0.3 is 12.1 Å². The van der Waals surface area contributed by atoms with Gasteiger partial charge in [-0.2, -0.15) is 0 Å². The van der Waals surface area contributed by atoms with Crippen LogP contribution in [-0.2, 0) is 14.3 Å². The van der Waals surface area contributed by atoms with Crippen LogP contribution in [-0.4, -0.2) is 54.7 Å². The van der Waals surface area contributed by atoms with E-state index in [1.165, 1.54) is 23.1 Å². The molecule has 0 spiro atoms. The van der Waals surface area contributed by atoms with Crippen molar-refractivity contribution in [2.75, 3.05) is 26.7 Å². The van der Waals surface area contributed by atoms with Crippen LogP contribution in [0.4, 0.5) is 4.79 Å². The maximum absolute atomic E-state index is 12.5. The molecule has 176 valence electrons. The van der Waals surface area contributed by atoms with Crippen molar-refractivity contribution in [3.8, 4) is 11.1 Å². The van der Waals surface area contributed by atoms with E-state index in [0.29, 0.717) is 12.5 Å². The maximum Gasteiger partial charge on any atom is 0.407 e. The fraction of sp³-hybridized carbons (Fsp3) is 0.423. The maximum atomic E-state index is 12.5. The van der Waals surface area contributed by atoms with Gasteiger partial charge in [0.05, 0.1) is 0 Å². The second-order valence-electron chi connectivity index (χ2n) is 9.05. The number of hydrogen-bond donors (Lipinski definition) is 2. The van der Waals surface area contributed by atoms with Crippen LogP contribution in [0.15, 0.2) is 48.5 Å². The SMILES string of the molecule is CC(C)C[C@H](CNC(=O)OCC1c2ccccc2-c2ccccc21)CC(=O)N(C)CC(=O)O. The first-order valence-electron chi connectivity index (χ1n) is 11.3. The monoisotopic (exact) mass is 452 g/mol. The molecule has 0 bridgehead atoms. The minimum absolute atomic E-state index is 0.0131. The van der Waals surface area contributed by atoms with E-state index >= 15 is 0 Å². The summed E-state index contributed by atoms with van der Waals surface area (Å²) in [5, 5.41) is 11.7. The van der Waals surface area contributed by atoms with E-state index in [1.807, 2.05) is 38.1 Å². The molecule has 0 aliphatic heterocycles. The summed E-state index contributed by atoms with van der Waals surface area (Å²) >= 11 is 0. The third-order valence-electron chi connectivity index (χ3n) is 5.94. The number of nitrogens with one attached hydrogen (secondary N) is 1. The van der Waals surface area contributed by atoms with Gasteiger partial charge in [-0.3, -0.25) is 9.59 Å². The van der Waals surface area contributed by atoms with Crippen molar-refractivity contribution in [2.45, 2.75) is 32.6 Å².